The summed E-state index contributed by atoms with van der Waals surface area (Å²) in [5.74, 6) is 1.11. The molecule has 2 N–H and O–H groups in total. The number of likely N-dealkylation sites (N-methyl/N-ethyl adjacent to an activating group) is 1. The Balaban J connectivity index is 1.52. The van der Waals surface area contributed by atoms with Crippen molar-refractivity contribution in [3.63, 3.8) is 0 Å². The molecule has 0 saturated carbocycles. The van der Waals surface area contributed by atoms with Gasteiger partial charge in [-0.1, -0.05) is 18.2 Å². The third kappa shape index (κ3) is 3.15. The van der Waals surface area contributed by atoms with Crippen LogP contribution < -0.4 is 0 Å². The third-order valence-electron chi connectivity index (χ3n) is 5.05. The minimum Gasteiger partial charge on any atom is -0.508 e. The molecule has 0 radical (unpaired) electrons. The van der Waals surface area contributed by atoms with Crippen LogP contribution in [-0.4, -0.2) is 43.0 Å². The number of hydrogen-bond donors (Lipinski definition) is 2. The van der Waals surface area contributed by atoms with Crippen LogP contribution in [0.2, 0.25) is 0 Å². The minimum absolute atomic E-state index is 0.196. The van der Waals surface area contributed by atoms with E-state index in [1.807, 2.05) is 30.3 Å². The third-order valence-corrected chi connectivity index (χ3v) is 5.05. The Morgan fingerprint density at radius 1 is 1.15 bits per heavy atom. The Labute approximate surface area is 152 Å². The minimum atomic E-state index is 0.196. The van der Waals surface area contributed by atoms with E-state index >= 15 is 0 Å². The molecule has 4 rings (SSSR count). The number of nitrogens with zero attached hydrogens (tertiary/aromatic N) is 4. The standard InChI is InChI=1S/C20H22N4O2/c1-23(13-14-5-8-16(25)9-6-14)15-7-10-18-17(12-15)20(26)24(22-18)19-4-2-3-11-21-19/h2-6,8-9,11,15,25-26H,7,10,12-13H2,1H3. The summed E-state index contributed by atoms with van der Waals surface area (Å²) in [5.41, 5.74) is 3.04. The first kappa shape index (κ1) is 16.6. The number of hydrogen-bond acceptors (Lipinski definition) is 5. The lowest BCUT2D eigenvalue weighted by Crippen LogP contribution is -2.35. The van der Waals surface area contributed by atoms with Gasteiger partial charge >= 0.3 is 0 Å². The van der Waals surface area contributed by atoms with Crippen LogP contribution in [0.4, 0.5) is 0 Å². The highest BCUT2D eigenvalue weighted by Gasteiger charge is 2.28. The monoisotopic (exact) mass is 350 g/mol. The second kappa shape index (κ2) is 6.80. The molecule has 6 nitrogen and oxygen atoms in total. The van der Waals surface area contributed by atoms with E-state index in [4.69, 9.17) is 0 Å². The van der Waals surface area contributed by atoms with Crippen molar-refractivity contribution in [3.05, 3.63) is 65.5 Å². The maximum absolute atomic E-state index is 10.7. The lowest BCUT2D eigenvalue weighted by Gasteiger charge is -2.30. The van der Waals surface area contributed by atoms with E-state index < -0.39 is 0 Å². The molecule has 6 heteroatoms. The first-order valence-electron chi connectivity index (χ1n) is 8.81. The first-order chi connectivity index (χ1) is 12.6. The van der Waals surface area contributed by atoms with Gasteiger partial charge in [0.25, 0.3) is 0 Å². The van der Waals surface area contributed by atoms with Crippen molar-refractivity contribution in [3.8, 4) is 17.4 Å². The van der Waals surface area contributed by atoms with E-state index in [-0.39, 0.29) is 11.6 Å². The summed E-state index contributed by atoms with van der Waals surface area (Å²) in [6, 6.07) is 13.2. The summed E-state index contributed by atoms with van der Waals surface area (Å²) < 4.78 is 1.53. The molecular formula is C20H22N4O2. The largest absolute Gasteiger partial charge is 0.508 e. The SMILES string of the molecule is CN(Cc1ccc(O)cc1)C1CCc2nn(-c3ccccn3)c(O)c2C1. The molecule has 0 aliphatic heterocycles. The molecule has 3 aromatic rings. The molecule has 2 heterocycles. The first-order valence-corrected chi connectivity index (χ1v) is 8.81. The summed E-state index contributed by atoms with van der Waals surface area (Å²) in [7, 11) is 2.10. The van der Waals surface area contributed by atoms with Gasteiger partial charge < -0.3 is 10.2 Å². The number of phenolic OH excluding ortho intramolecular Hbond substituents is 1. The number of aromatic nitrogens is 3. The van der Waals surface area contributed by atoms with E-state index in [0.29, 0.717) is 11.9 Å². The zero-order valence-electron chi connectivity index (χ0n) is 14.7. The topological polar surface area (TPSA) is 74.4 Å². The lowest BCUT2D eigenvalue weighted by molar-refractivity contribution is 0.212. The maximum Gasteiger partial charge on any atom is 0.219 e. The summed E-state index contributed by atoms with van der Waals surface area (Å²) in [6.45, 7) is 0.801. The molecule has 1 aliphatic rings. The second-order valence-corrected chi connectivity index (χ2v) is 6.83. The number of aromatic hydroxyl groups is 2. The van der Waals surface area contributed by atoms with Gasteiger partial charge in [0.2, 0.25) is 5.88 Å². The predicted octanol–water partition coefficient (Wildman–Crippen LogP) is 2.67. The summed E-state index contributed by atoms with van der Waals surface area (Å²) in [4.78, 5) is 6.58. The second-order valence-electron chi connectivity index (χ2n) is 6.83. The average Bonchev–Trinajstić information content (AvgIpc) is 3.00. The number of phenols is 1. The Morgan fingerprint density at radius 3 is 2.69 bits per heavy atom. The average molecular weight is 350 g/mol. The molecule has 0 spiro atoms. The fraction of sp³-hybridized carbons (Fsp3) is 0.300. The molecule has 1 aromatic carbocycles. The van der Waals surface area contributed by atoms with E-state index in [1.54, 1.807) is 18.3 Å². The molecule has 2 aromatic heterocycles. The molecular weight excluding hydrogens is 328 g/mol. The van der Waals surface area contributed by atoms with Crippen LogP contribution in [0.3, 0.4) is 0 Å². The van der Waals surface area contributed by atoms with Gasteiger partial charge in [-0.05, 0) is 56.1 Å². The molecule has 0 amide bonds. The van der Waals surface area contributed by atoms with Gasteiger partial charge in [0, 0.05) is 24.3 Å². The van der Waals surface area contributed by atoms with Gasteiger partial charge in [-0.15, -0.1) is 0 Å². The van der Waals surface area contributed by atoms with Crippen molar-refractivity contribution >= 4 is 0 Å². The Hall–Kier alpha value is -2.86. The van der Waals surface area contributed by atoms with Crippen LogP contribution in [0.1, 0.15) is 23.2 Å². The highest BCUT2D eigenvalue weighted by Crippen LogP contribution is 2.32. The zero-order valence-corrected chi connectivity index (χ0v) is 14.7. The van der Waals surface area contributed by atoms with Gasteiger partial charge in [0.15, 0.2) is 5.82 Å². The molecule has 0 saturated heterocycles. The highest BCUT2D eigenvalue weighted by molar-refractivity contribution is 5.39. The van der Waals surface area contributed by atoms with Crippen LogP contribution in [0, 0.1) is 0 Å². The fourth-order valence-electron chi connectivity index (χ4n) is 3.57. The molecule has 0 fully saturated rings. The van der Waals surface area contributed by atoms with E-state index in [9.17, 15) is 10.2 Å². The van der Waals surface area contributed by atoms with Crippen molar-refractivity contribution in [2.45, 2.75) is 31.8 Å². The smallest absolute Gasteiger partial charge is 0.219 e. The van der Waals surface area contributed by atoms with Gasteiger partial charge in [0.05, 0.1) is 5.69 Å². The van der Waals surface area contributed by atoms with Crippen molar-refractivity contribution in [1.29, 1.82) is 0 Å². The van der Waals surface area contributed by atoms with E-state index in [2.05, 4.69) is 22.0 Å². The lowest BCUT2D eigenvalue weighted by atomic mass is 9.92. The number of fused-ring (bicyclic) bond motifs is 1. The number of aryl methyl sites for hydroxylation is 1. The van der Waals surface area contributed by atoms with Crippen molar-refractivity contribution in [2.24, 2.45) is 0 Å². The van der Waals surface area contributed by atoms with Crippen LogP contribution in [0.15, 0.2) is 48.7 Å². The highest BCUT2D eigenvalue weighted by atomic mass is 16.3. The molecule has 26 heavy (non-hydrogen) atoms. The molecule has 0 bridgehead atoms. The van der Waals surface area contributed by atoms with Gasteiger partial charge in [-0.2, -0.15) is 9.78 Å². The van der Waals surface area contributed by atoms with Crippen LogP contribution in [0.5, 0.6) is 11.6 Å². The van der Waals surface area contributed by atoms with Gasteiger partial charge in [-0.3, -0.25) is 4.90 Å². The number of benzene rings is 1. The van der Waals surface area contributed by atoms with Crippen LogP contribution in [-0.2, 0) is 19.4 Å². The summed E-state index contributed by atoms with van der Waals surface area (Å²) >= 11 is 0. The Bertz CT molecular complexity index is 890. The fourth-order valence-corrected chi connectivity index (χ4v) is 3.57. The number of rotatable bonds is 4. The Kier molecular flexibility index (Phi) is 4.34. The van der Waals surface area contributed by atoms with Crippen molar-refractivity contribution < 1.29 is 10.2 Å². The summed E-state index contributed by atoms with van der Waals surface area (Å²) in [5, 5.41) is 24.6. The van der Waals surface area contributed by atoms with Crippen molar-refractivity contribution in [1.82, 2.24) is 19.7 Å². The molecule has 1 aliphatic carbocycles. The zero-order chi connectivity index (χ0) is 18.1. The Morgan fingerprint density at radius 2 is 1.96 bits per heavy atom. The van der Waals surface area contributed by atoms with Gasteiger partial charge in [0.1, 0.15) is 5.75 Å². The maximum atomic E-state index is 10.7. The quantitative estimate of drug-likeness (QED) is 0.757. The predicted molar refractivity (Wildman–Crippen MR) is 98.4 cm³/mol. The normalized spacial score (nSPS) is 16.6. The molecule has 1 unspecified atom stereocenters. The number of pyridine rings is 1. The van der Waals surface area contributed by atoms with Crippen LogP contribution >= 0.6 is 0 Å². The van der Waals surface area contributed by atoms with Crippen molar-refractivity contribution in [2.75, 3.05) is 7.05 Å². The van der Waals surface area contributed by atoms with E-state index in [0.717, 1.165) is 42.6 Å². The molecule has 134 valence electrons. The molecule has 1 atom stereocenters. The summed E-state index contributed by atoms with van der Waals surface area (Å²) in [6.07, 6.45) is 4.31. The van der Waals surface area contributed by atoms with Gasteiger partial charge in [-0.25, -0.2) is 4.98 Å². The van der Waals surface area contributed by atoms with E-state index in [1.165, 1.54) is 4.68 Å². The van der Waals surface area contributed by atoms with Crippen LogP contribution in [0.25, 0.3) is 5.82 Å².